The van der Waals surface area contributed by atoms with E-state index in [9.17, 15) is 18.0 Å². The molecule has 0 unspecified atom stereocenters. The van der Waals surface area contributed by atoms with Crippen LogP contribution in [0, 0.1) is 6.92 Å². The fourth-order valence-electron chi connectivity index (χ4n) is 1.56. The molecule has 0 amide bonds. The molecule has 3 nitrogen and oxygen atoms in total. The quantitative estimate of drug-likeness (QED) is 0.851. The van der Waals surface area contributed by atoms with Crippen molar-refractivity contribution in [1.29, 1.82) is 0 Å². The molecule has 18 heavy (non-hydrogen) atoms. The summed E-state index contributed by atoms with van der Waals surface area (Å²) in [6.07, 6.45) is -4.58. The lowest BCUT2D eigenvalue weighted by Crippen LogP contribution is -2.17. The van der Waals surface area contributed by atoms with Crippen molar-refractivity contribution < 1.29 is 22.7 Å². The van der Waals surface area contributed by atoms with Gasteiger partial charge >= 0.3 is 12.1 Å². The summed E-state index contributed by atoms with van der Waals surface area (Å²) in [4.78, 5) is 11.0. The van der Waals surface area contributed by atoms with Crippen LogP contribution in [0.5, 0.6) is 0 Å². The molecular weight excluding hydrogens is 247 g/mol. The monoisotopic (exact) mass is 261 g/mol. The zero-order valence-corrected chi connectivity index (χ0v) is 10.0. The number of carbonyl (C=O) groups is 1. The third-order valence-electron chi connectivity index (χ3n) is 2.61. The van der Waals surface area contributed by atoms with Crippen molar-refractivity contribution in [3.8, 4) is 0 Å². The Labute approximate surface area is 103 Å². The van der Waals surface area contributed by atoms with Crippen molar-refractivity contribution in [1.82, 2.24) is 0 Å². The number of halogens is 3. The van der Waals surface area contributed by atoms with Crippen LogP contribution in [0.25, 0.3) is 0 Å². The van der Waals surface area contributed by atoms with Crippen LogP contribution in [0.3, 0.4) is 0 Å². The summed E-state index contributed by atoms with van der Waals surface area (Å²) in [6, 6.07) is 3.00. The predicted molar refractivity (Wildman–Crippen MR) is 59.7 cm³/mol. The molecule has 1 aromatic rings. The first-order valence-electron chi connectivity index (χ1n) is 5.26. The maximum atomic E-state index is 12.7. The maximum absolute atomic E-state index is 12.7. The molecule has 0 aliphatic heterocycles. The third kappa shape index (κ3) is 3.46. The van der Waals surface area contributed by atoms with Gasteiger partial charge in [0.2, 0.25) is 0 Å². The van der Waals surface area contributed by atoms with E-state index in [1.54, 1.807) is 0 Å². The van der Waals surface area contributed by atoms with Gasteiger partial charge in [0.15, 0.2) is 0 Å². The topological polar surface area (TPSA) is 52.3 Å². The zero-order chi connectivity index (χ0) is 13.9. The number of ether oxygens (including phenoxy) is 1. The van der Waals surface area contributed by atoms with Gasteiger partial charge in [-0.05, 0) is 24.1 Å². The van der Waals surface area contributed by atoms with E-state index in [0.29, 0.717) is 0 Å². The fraction of sp³-hybridized carbons (Fsp3) is 0.417. The largest absolute Gasteiger partial charge is 0.469 e. The Bertz CT molecular complexity index is 443. The van der Waals surface area contributed by atoms with Crippen molar-refractivity contribution in [2.45, 2.75) is 25.6 Å². The number of aryl methyl sites for hydroxylation is 1. The molecule has 100 valence electrons. The minimum atomic E-state index is -4.43. The molecule has 0 spiro atoms. The summed E-state index contributed by atoms with van der Waals surface area (Å²) in [5.74, 6) is -0.559. The van der Waals surface area contributed by atoms with Crippen molar-refractivity contribution >= 4 is 5.97 Å². The molecule has 0 saturated carbocycles. The van der Waals surface area contributed by atoms with E-state index < -0.39 is 23.8 Å². The zero-order valence-electron chi connectivity index (χ0n) is 10.0. The molecule has 0 bridgehead atoms. The van der Waals surface area contributed by atoms with Crippen molar-refractivity contribution in [2.24, 2.45) is 5.73 Å². The molecule has 0 radical (unpaired) electrons. The number of rotatable bonds is 3. The molecule has 0 aromatic heterocycles. The summed E-state index contributed by atoms with van der Waals surface area (Å²) in [7, 11) is 1.20. The van der Waals surface area contributed by atoms with Crippen LogP contribution in [0.15, 0.2) is 18.2 Å². The number of benzene rings is 1. The van der Waals surface area contributed by atoms with Gasteiger partial charge in [-0.1, -0.05) is 12.1 Å². The molecule has 0 saturated heterocycles. The van der Waals surface area contributed by atoms with Crippen LogP contribution in [-0.4, -0.2) is 13.1 Å². The SMILES string of the molecule is COC(=O)C[C@H](N)c1ccc(C)c(C(F)(F)F)c1. The minimum Gasteiger partial charge on any atom is -0.469 e. The van der Waals surface area contributed by atoms with Crippen LogP contribution >= 0.6 is 0 Å². The van der Waals surface area contributed by atoms with E-state index in [1.165, 1.54) is 26.2 Å². The number of methoxy groups -OCH3 is 1. The molecule has 2 N–H and O–H groups in total. The Morgan fingerprint density at radius 2 is 2.06 bits per heavy atom. The van der Waals surface area contributed by atoms with Crippen LogP contribution in [0.2, 0.25) is 0 Å². The summed E-state index contributed by atoms with van der Waals surface area (Å²) < 4.78 is 42.5. The molecule has 0 fully saturated rings. The highest BCUT2D eigenvalue weighted by Crippen LogP contribution is 2.33. The van der Waals surface area contributed by atoms with Gasteiger partial charge < -0.3 is 10.5 Å². The maximum Gasteiger partial charge on any atom is 0.416 e. The van der Waals surface area contributed by atoms with E-state index in [0.717, 1.165) is 6.07 Å². The summed E-state index contributed by atoms with van der Waals surface area (Å²) >= 11 is 0. The van der Waals surface area contributed by atoms with Crippen molar-refractivity contribution in [3.63, 3.8) is 0 Å². The second kappa shape index (κ2) is 5.39. The normalized spacial score (nSPS) is 13.2. The Kier molecular flexibility index (Phi) is 4.34. The van der Waals surface area contributed by atoms with Crippen LogP contribution in [0.4, 0.5) is 13.2 Å². The molecule has 1 aromatic carbocycles. The number of nitrogens with two attached hydrogens (primary N) is 1. The second-order valence-corrected chi connectivity index (χ2v) is 3.96. The van der Waals surface area contributed by atoms with Crippen LogP contribution in [-0.2, 0) is 15.7 Å². The fourth-order valence-corrected chi connectivity index (χ4v) is 1.56. The first kappa shape index (κ1) is 14.5. The summed E-state index contributed by atoms with van der Waals surface area (Å²) in [6.45, 7) is 1.37. The highest BCUT2D eigenvalue weighted by molar-refractivity contribution is 5.70. The lowest BCUT2D eigenvalue weighted by atomic mass is 9.98. The Morgan fingerprint density at radius 1 is 1.44 bits per heavy atom. The Morgan fingerprint density at radius 3 is 2.56 bits per heavy atom. The van der Waals surface area contributed by atoms with E-state index in [2.05, 4.69) is 4.74 Å². The molecular formula is C12H14F3NO2. The van der Waals surface area contributed by atoms with E-state index in [4.69, 9.17) is 5.73 Å². The third-order valence-corrected chi connectivity index (χ3v) is 2.61. The number of esters is 1. The summed E-state index contributed by atoms with van der Waals surface area (Å²) in [5.41, 5.74) is 5.31. The number of hydrogen-bond donors (Lipinski definition) is 1. The van der Waals surface area contributed by atoms with Crippen molar-refractivity contribution in [2.75, 3.05) is 7.11 Å². The van der Waals surface area contributed by atoms with E-state index in [-0.39, 0.29) is 17.5 Å². The first-order valence-corrected chi connectivity index (χ1v) is 5.26. The predicted octanol–water partition coefficient (Wildman–Crippen LogP) is 2.58. The van der Waals surface area contributed by atoms with E-state index >= 15 is 0 Å². The highest BCUT2D eigenvalue weighted by atomic mass is 19.4. The first-order chi connectivity index (χ1) is 8.25. The minimum absolute atomic E-state index is 0.122. The number of hydrogen-bond acceptors (Lipinski definition) is 3. The lowest BCUT2D eigenvalue weighted by molar-refractivity contribution is -0.141. The number of carbonyl (C=O) groups excluding carboxylic acids is 1. The Hall–Kier alpha value is -1.56. The van der Waals surface area contributed by atoms with Crippen molar-refractivity contribution in [3.05, 3.63) is 34.9 Å². The molecule has 0 aliphatic rings. The molecule has 6 heteroatoms. The van der Waals surface area contributed by atoms with Gasteiger partial charge in [-0.15, -0.1) is 0 Å². The van der Waals surface area contributed by atoms with E-state index in [1.807, 2.05) is 0 Å². The number of alkyl halides is 3. The van der Waals surface area contributed by atoms with Gasteiger partial charge in [0, 0.05) is 6.04 Å². The van der Waals surface area contributed by atoms with Gasteiger partial charge in [-0.3, -0.25) is 4.79 Å². The van der Waals surface area contributed by atoms with Gasteiger partial charge in [-0.25, -0.2) is 0 Å². The van der Waals surface area contributed by atoms with Crippen LogP contribution in [0.1, 0.15) is 29.2 Å². The molecule has 0 heterocycles. The van der Waals surface area contributed by atoms with Gasteiger partial charge in [0.05, 0.1) is 19.1 Å². The molecule has 0 aliphatic carbocycles. The highest BCUT2D eigenvalue weighted by Gasteiger charge is 2.32. The van der Waals surface area contributed by atoms with Gasteiger partial charge in [-0.2, -0.15) is 13.2 Å². The second-order valence-electron chi connectivity index (χ2n) is 3.96. The lowest BCUT2D eigenvalue weighted by Gasteiger charge is -2.15. The average molecular weight is 261 g/mol. The standard InChI is InChI=1S/C12H14F3NO2/c1-7-3-4-8(5-9(7)12(13,14)15)10(16)6-11(17)18-2/h3-5,10H,6,16H2,1-2H3/t10-/m0/s1. The average Bonchev–Trinajstić information content (AvgIpc) is 2.27. The van der Waals surface area contributed by atoms with Crippen LogP contribution < -0.4 is 5.73 Å². The summed E-state index contributed by atoms with van der Waals surface area (Å²) in [5, 5.41) is 0. The smallest absolute Gasteiger partial charge is 0.416 e. The van der Waals surface area contributed by atoms with Gasteiger partial charge in [0.1, 0.15) is 0 Å². The molecule has 1 atom stereocenters. The van der Waals surface area contributed by atoms with Gasteiger partial charge in [0.25, 0.3) is 0 Å². The molecule has 1 rings (SSSR count). The Balaban J connectivity index is 3.01.